The monoisotopic (exact) mass is 335 g/mol. The minimum absolute atomic E-state index is 0.0527. The largest absolute Gasteiger partial charge is 0.333 e. The highest BCUT2D eigenvalue weighted by Gasteiger charge is 2.14. The van der Waals surface area contributed by atoms with Crippen molar-refractivity contribution in [3.05, 3.63) is 56.2 Å². The van der Waals surface area contributed by atoms with Gasteiger partial charge in [0.05, 0.1) is 16.1 Å². The number of halogens is 2. The lowest BCUT2D eigenvalue weighted by Crippen LogP contribution is -2.35. The van der Waals surface area contributed by atoms with E-state index in [1.54, 1.807) is 13.1 Å². The third kappa shape index (κ3) is 2.30. The summed E-state index contributed by atoms with van der Waals surface area (Å²) in [6.45, 7) is 1.87. The molecule has 8 heteroatoms. The van der Waals surface area contributed by atoms with E-state index >= 15 is 0 Å². The Morgan fingerprint density at radius 2 is 2.09 bits per heavy atom. The van der Waals surface area contributed by atoms with Gasteiger partial charge in [0.2, 0.25) is 5.28 Å². The van der Waals surface area contributed by atoms with Crippen molar-refractivity contribution in [1.82, 2.24) is 19.5 Å². The molecule has 1 N–H and O–H groups in total. The molecule has 0 aliphatic carbocycles. The first-order chi connectivity index (χ1) is 10.5. The van der Waals surface area contributed by atoms with Crippen LogP contribution >= 0.6 is 23.2 Å². The van der Waals surface area contributed by atoms with Crippen LogP contribution in [-0.2, 0) is 0 Å². The summed E-state index contributed by atoms with van der Waals surface area (Å²) in [6.07, 6.45) is 1.52. The first-order valence-electron chi connectivity index (χ1n) is 6.39. The average Bonchev–Trinajstić information content (AvgIpc) is 2.47. The maximum Gasteiger partial charge on any atom is 0.333 e. The second kappa shape index (κ2) is 5.55. The lowest BCUT2D eigenvalue weighted by Gasteiger charge is -2.12. The molecule has 0 fully saturated rings. The van der Waals surface area contributed by atoms with Gasteiger partial charge in [0.25, 0.3) is 0 Å². The van der Waals surface area contributed by atoms with Gasteiger partial charge in [-0.15, -0.1) is 0 Å². The number of aryl methyl sites for hydroxylation is 1. The molecule has 0 atom stereocenters. The van der Waals surface area contributed by atoms with Gasteiger partial charge in [-0.1, -0.05) is 23.7 Å². The third-order valence-corrected chi connectivity index (χ3v) is 3.75. The smallest absolute Gasteiger partial charge is 0.291 e. The van der Waals surface area contributed by atoms with Crippen LogP contribution in [0.15, 0.2) is 34.2 Å². The van der Waals surface area contributed by atoms with E-state index in [-0.39, 0.29) is 5.28 Å². The van der Waals surface area contributed by atoms with E-state index in [0.717, 1.165) is 5.56 Å². The van der Waals surface area contributed by atoms with E-state index in [2.05, 4.69) is 19.9 Å². The van der Waals surface area contributed by atoms with Crippen molar-refractivity contribution in [2.75, 3.05) is 7.05 Å². The fourth-order valence-electron chi connectivity index (χ4n) is 2.33. The van der Waals surface area contributed by atoms with Crippen LogP contribution in [0.3, 0.4) is 0 Å². The van der Waals surface area contributed by atoms with Crippen LogP contribution in [0.1, 0.15) is 5.56 Å². The van der Waals surface area contributed by atoms with Crippen LogP contribution in [0.5, 0.6) is 0 Å². The second-order valence-corrected chi connectivity index (χ2v) is 5.36. The minimum Gasteiger partial charge on any atom is -0.291 e. The van der Waals surface area contributed by atoms with Crippen molar-refractivity contribution in [2.24, 2.45) is 4.99 Å². The first-order valence-corrected chi connectivity index (χ1v) is 7.14. The number of aromatic nitrogens is 4. The highest BCUT2D eigenvalue weighted by molar-refractivity contribution is 6.32. The molecule has 3 aromatic rings. The summed E-state index contributed by atoms with van der Waals surface area (Å²) < 4.78 is 1.41. The van der Waals surface area contributed by atoms with E-state index in [0.29, 0.717) is 27.2 Å². The summed E-state index contributed by atoms with van der Waals surface area (Å²) in [5, 5.41) is 1.08. The molecule has 22 heavy (non-hydrogen) atoms. The number of hydrogen-bond donors (Lipinski definition) is 1. The Labute approximate surface area is 135 Å². The number of aromatic amines is 1. The summed E-state index contributed by atoms with van der Waals surface area (Å²) in [5.74, 6) is 0. The Morgan fingerprint density at radius 3 is 2.77 bits per heavy atom. The van der Waals surface area contributed by atoms with Crippen molar-refractivity contribution in [2.45, 2.75) is 6.92 Å². The number of hydrogen-bond acceptors (Lipinski definition) is 4. The Morgan fingerprint density at radius 1 is 1.32 bits per heavy atom. The number of para-hydroxylation sites is 1. The molecule has 0 amide bonds. The Hall–Kier alpha value is -2.18. The van der Waals surface area contributed by atoms with Crippen LogP contribution in [0.2, 0.25) is 10.3 Å². The van der Waals surface area contributed by atoms with Crippen molar-refractivity contribution in [3.63, 3.8) is 0 Å². The normalized spacial score (nSPS) is 12.1. The molecule has 3 rings (SSSR count). The summed E-state index contributed by atoms with van der Waals surface area (Å²) in [7, 11) is 1.59. The van der Waals surface area contributed by atoms with Crippen molar-refractivity contribution in [1.29, 1.82) is 0 Å². The molecule has 6 nitrogen and oxygen atoms in total. The van der Waals surface area contributed by atoms with Crippen LogP contribution in [-0.4, -0.2) is 26.6 Å². The van der Waals surface area contributed by atoms with E-state index < -0.39 is 5.69 Å². The number of H-pyrrole nitrogens is 1. The van der Waals surface area contributed by atoms with E-state index in [9.17, 15) is 4.79 Å². The molecule has 0 spiro atoms. The Kier molecular flexibility index (Phi) is 3.72. The zero-order chi connectivity index (χ0) is 15.9. The molecule has 0 bridgehead atoms. The van der Waals surface area contributed by atoms with Crippen LogP contribution in [0.25, 0.3) is 16.7 Å². The molecular formula is C14H11Cl2N5O. The van der Waals surface area contributed by atoms with Crippen LogP contribution in [0, 0.1) is 6.92 Å². The molecule has 0 radical (unpaired) electrons. The van der Waals surface area contributed by atoms with Gasteiger partial charge in [0.1, 0.15) is 11.1 Å². The van der Waals surface area contributed by atoms with Gasteiger partial charge in [0, 0.05) is 13.2 Å². The molecule has 2 aromatic heterocycles. The lowest BCUT2D eigenvalue weighted by atomic mass is 10.2. The molecule has 0 aliphatic rings. The summed E-state index contributed by atoms with van der Waals surface area (Å²) in [4.78, 5) is 27.4. The number of fused-ring (bicyclic) bond motifs is 1. The fraction of sp³-hybridized carbons (Fsp3) is 0.143. The van der Waals surface area contributed by atoms with Crippen LogP contribution < -0.4 is 11.2 Å². The molecule has 0 aliphatic heterocycles. The molecule has 0 saturated carbocycles. The summed E-state index contributed by atoms with van der Waals surface area (Å²) >= 11 is 12.0. The molecule has 1 aromatic carbocycles. The molecule has 112 valence electrons. The van der Waals surface area contributed by atoms with Gasteiger partial charge in [-0.25, -0.2) is 14.3 Å². The minimum atomic E-state index is -0.404. The lowest BCUT2D eigenvalue weighted by molar-refractivity contribution is 0.856. The van der Waals surface area contributed by atoms with E-state index in [4.69, 9.17) is 23.2 Å². The quantitative estimate of drug-likeness (QED) is 0.693. The first kappa shape index (κ1) is 14.7. The number of benzene rings is 1. The maximum absolute atomic E-state index is 12.5. The van der Waals surface area contributed by atoms with Gasteiger partial charge in [-0.2, -0.15) is 4.98 Å². The third-order valence-electron chi connectivity index (χ3n) is 3.26. The zero-order valence-electron chi connectivity index (χ0n) is 11.8. The SMILES string of the molecule is C/N=c1/c2cnc(Cl)nc2[nH]c(=O)n1-c1c(C)cccc1Cl. The molecule has 2 heterocycles. The van der Waals surface area contributed by atoms with E-state index in [1.165, 1.54) is 10.8 Å². The Bertz CT molecular complexity index is 986. The highest BCUT2D eigenvalue weighted by atomic mass is 35.5. The van der Waals surface area contributed by atoms with Gasteiger partial charge in [-0.3, -0.25) is 9.98 Å². The van der Waals surface area contributed by atoms with Crippen LogP contribution in [0.4, 0.5) is 0 Å². The predicted molar refractivity (Wildman–Crippen MR) is 85.7 cm³/mol. The predicted octanol–water partition coefficient (Wildman–Crippen LogP) is 2.25. The molecule has 0 unspecified atom stereocenters. The number of nitrogens with one attached hydrogen (secondary N) is 1. The van der Waals surface area contributed by atoms with Gasteiger partial charge in [0.15, 0.2) is 0 Å². The zero-order valence-corrected chi connectivity index (χ0v) is 13.3. The topological polar surface area (TPSA) is 75.9 Å². The Balaban J connectivity index is 2.54. The van der Waals surface area contributed by atoms with Crippen molar-refractivity contribution in [3.8, 4) is 5.69 Å². The summed E-state index contributed by atoms with van der Waals surface area (Å²) in [5.41, 5.74) is 1.75. The molecular weight excluding hydrogens is 325 g/mol. The van der Waals surface area contributed by atoms with Gasteiger partial charge in [-0.05, 0) is 30.2 Å². The number of rotatable bonds is 1. The van der Waals surface area contributed by atoms with E-state index in [1.807, 2.05) is 19.1 Å². The maximum atomic E-state index is 12.5. The van der Waals surface area contributed by atoms with Crippen molar-refractivity contribution < 1.29 is 0 Å². The second-order valence-electron chi connectivity index (χ2n) is 4.62. The molecule has 0 saturated heterocycles. The average molecular weight is 336 g/mol. The fourth-order valence-corrected chi connectivity index (χ4v) is 2.77. The number of nitrogens with zero attached hydrogens (tertiary/aromatic N) is 4. The standard InChI is InChI=1S/C14H11Cl2N5O/c1-7-4-3-5-9(15)10(7)21-12(17-2)8-6-18-13(16)19-11(8)20-14(21)22/h3-6H,1-2H3,(H,18,19,20,22)/b17-12-. The van der Waals surface area contributed by atoms with Gasteiger partial charge >= 0.3 is 5.69 Å². The highest BCUT2D eigenvalue weighted by Crippen LogP contribution is 2.21. The summed E-state index contributed by atoms with van der Waals surface area (Å²) in [6, 6.07) is 5.41. The van der Waals surface area contributed by atoms with Crippen molar-refractivity contribution >= 4 is 34.2 Å². The van der Waals surface area contributed by atoms with Gasteiger partial charge < -0.3 is 0 Å².